The molecule has 0 saturated carbocycles. The lowest BCUT2D eigenvalue weighted by molar-refractivity contribution is -0.127. The average Bonchev–Trinajstić information content (AvgIpc) is 3.38. The Morgan fingerprint density at radius 2 is 1.54 bits per heavy atom. The van der Waals surface area contributed by atoms with E-state index in [1.807, 2.05) is 9.47 Å². The fourth-order valence-electron chi connectivity index (χ4n) is 3.36. The Labute approximate surface area is 169 Å². The summed E-state index contributed by atoms with van der Waals surface area (Å²) in [5, 5.41) is 9.62. The van der Waals surface area contributed by atoms with Crippen LogP contribution < -0.4 is 0 Å². The molecule has 1 fully saturated rings. The third-order valence-corrected chi connectivity index (χ3v) is 5.93. The van der Waals surface area contributed by atoms with Gasteiger partial charge >= 0.3 is 0 Å². The van der Waals surface area contributed by atoms with E-state index in [0.29, 0.717) is 5.75 Å². The van der Waals surface area contributed by atoms with Crippen LogP contribution in [0.1, 0.15) is 24.0 Å². The summed E-state index contributed by atoms with van der Waals surface area (Å²) in [7, 11) is 0. The molecule has 1 aromatic heterocycles. The first kappa shape index (κ1) is 18.7. The third-order valence-electron chi connectivity index (χ3n) is 5.02. The minimum atomic E-state index is 0.179. The molecule has 1 saturated heterocycles. The normalized spacial score (nSPS) is 13.9. The van der Waals surface area contributed by atoms with Crippen molar-refractivity contribution in [3.05, 3.63) is 59.7 Å². The zero-order chi connectivity index (χ0) is 19.5. The monoisotopic (exact) mass is 392 g/mol. The lowest BCUT2D eigenvalue weighted by Gasteiger charge is -2.15. The lowest BCUT2D eigenvalue weighted by Crippen LogP contribution is -2.29. The summed E-state index contributed by atoms with van der Waals surface area (Å²) in [4.78, 5) is 14.4. The van der Waals surface area contributed by atoms with Gasteiger partial charge in [-0.15, -0.1) is 10.2 Å². The van der Waals surface area contributed by atoms with E-state index < -0.39 is 0 Å². The number of carbonyl (C=O) groups excluding carboxylic acids is 1. The summed E-state index contributed by atoms with van der Waals surface area (Å²) in [6.07, 6.45) is 2.21. The second kappa shape index (κ2) is 8.19. The first-order valence-corrected chi connectivity index (χ1v) is 10.6. The quantitative estimate of drug-likeness (QED) is 0.609. The molecule has 1 aliphatic rings. The van der Waals surface area contributed by atoms with E-state index in [-0.39, 0.29) is 5.91 Å². The highest BCUT2D eigenvalue weighted by Crippen LogP contribution is 2.28. The van der Waals surface area contributed by atoms with Gasteiger partial charge in [-0.05, 0) is 38.8 Å². The van der Waals surface area contributed by atoms with Crippen molar-refractivity contribution in [1.82, 2.24) is 19.7 Å². The molecule has 2 heterocycles. The number of hydrogen-bond acceptors (Lipinski definition) is 4. The second-order valence-corrected chi connectivity index (χ2v) is 8.16. The molecule has 0 spiro atoms. The van der Waals surface area contributed by atoms with Crippen LogP contribution in [0.5, 0.6) is 0 Å². The van der Waals surface area contributed by atoms with Crippen LogP contribution in [0.25, 0.3) is 17.1 Å². The molecular formula is C22H24N4OS. The predicted molar refractivity (Wildman–Crippen MR) is 113 cm³/mol. The van der Waals surface area contributed by atoms with Crippen molar-refractivity contribution in [2.24, 2.45) is 0 Å². The van der Waals surface area contributed by atoms with Gasteiger partial charge in [-0.25, -0.2) is 0 Å². The highest BCUT2D eigenvalue weighted by Gasteiger charge is 2.21. The number of rotatable bonds is 5. The molecule has 0 radical (unpaired) electrons. The molecule has 2 aromatic carbocycles. The number of aryl methyl sites for hydroxylation is 2. The third kappa shape index (κ3) is 3.97. The minimum absolute atomic E-state index is 0.179. The second-order valence-electron chi connectivity index (χ2n) is 7.22. The summed E-state index contributed by atoms with van der Waals surface area (Å²) >= 11 is 1.46. The summed E-state index contributed by atoms with van der Waals surface area (Å²) in [6.45, 7) is 5.89. The zero-order valence-electron chi connectivity index (χ0n) is 16.3. The van der Waals surface area contributed by atoms with Gasteiger partial charge in [0.05, 0.1) is 5.75 Å². The smallest absolute Gasteiger partial charge is 0.233 e. The Morgan fingerprint density at radius 3 is 2.18 bits per heavy atom. The number of aromatic nitrogens is 3. The Hall–Kier alpha value is -2.60. The van der Waals surface area contributed by atoms with Gasteiger partial charge in [0.15, 0.2) is 11.0 Å². The molecule has 4 rings (SSSR count). The van der Waals surface area contributed by atoms with Crippen molar-refractivity contribution < 1.29 is 4.79 Å². The van der Waals surface area contributed by atoms with Crippen LogP contribution >= 0.6 is 11.8 Å². The van der Waals surface area contributed by atoms with Crippen molar-refractivity contribution in [3.63, 3.8) is 0 Å². The van der Waals surface area contributed by atoms with E-state index in [9.17, 15) is 4.79 Å². The highest BCUT2D eigenvalue weighted by molar-refractivity contribution is 7.99. The fraction of sp³-hybridized carbons (Fsp3) is 0.318. The molecule has 28 heavy (non-hydrogen) atoms. The van der Waals surface area contributed by atoms with Gasteiger partial charge in [-0.2, -0.15) is 0 Å². The Kier molecular flexibility index (Phi) is 5.48. The van der Waals surface area contributed by atoms with Crippen molar-refractivity contribution >= 4 is 17.7 Å². The number of likely N-dealkylation sites (tertiary alicyclic amines) is 1. The minimum Gasteiger partial charge on any atom is -0.342 e. The number of carbonyl (C=O) groups is 1. The van der Waals surface area contributed by atoms with Gasteiger partial charge in [0, 0.05) is 24.3 Å². The first-order valence-electron chi connectivity index (χ1n) is 9.62. The molecule has 1 amide bonds. The van der Waals surface area contributed by atoms with Gasteiger partial charge in [0.25, 0.3) is 0 Å². The highest BCUT2D eigenvalue weighted by atomic mass is 32.2. The van der Waals surface area contributed by atoms with E-state index in [0.717, 1.165) is 48.2 Å². The van der Waals surface area contributed by atoms with Crippen molar-refractivity contribution in [1.29, 1.82) is 0 Å². The molecule has 0 bridgehead atoms. The number of nitrogens with zero attached hydrogens (tertiary/aromatic N) is 4. The van der Waals surface area contributed by atoms with Gasteiger partial charge in [-0.3, -0.25) is 9.36 Å². The van der Waals surface area contributed by atoms with Gasteiger partial charge < -0.3 is 4.90 Å². The van der Waals surface area contributed by atoms with Gasteiger partial charge in [0.1, 0.15) is 0 Å². The molecule has 144 valence electrons. The largest absolute Gasteiger partial charge is 0.342 e. The summed E-state index contributed by atoms with van der Waals surface area (Å²) in [6, 6.07) is 16.6. The van der Waals surface area contributed by atoms with Crippen LogP contribution in [0.4, 0.5) is 0 Å². The van der Waals surface area contributed by atoms with E-state index >= 15 is 0 Å². The van der Waals surface area contributed by atoms with E-state index in [4.69, 9.17) is 0 Å². The molecular weight excluding hydrogens is 368 g/mol. The van der Waals surface area contributed by atoms with Crippen molar-refractivity contribution in [2.75, 3.05) is 18.8 Å². The molecule has 6 heteroatoms. The van der Waals surface area contributed by atoms with Gasteiger partial charge in [-0.1, -0.05) is 59.3 Å². The molecule has 1 aliphatic heterocycles. The maximum absolute atomic E-state index is 12.5. The first-order chi connectivity index (χ1) is 13.6. The van der Waals surface area contributed by atoms with E-state index in [2.05, 4.69) is 72.6 Å². The molecule has 0 unspecified atom stereocenters. The molecule has 5 nitrogen and oxygen atoms in total. The average molecular weight is 393 g/mol. The number of benzene rings is 2. The van der Waals surface area contributed by atoms with Crippen LogP contribution in [0, 0.1) is 13.8 Å². The summed E-state index contributed by atoms with van der Waals surface area (Å²) in [5.41, 5.74) is 4.42. The zero-order valence-corrected chi connectivity index (χ0v) is 17.1. The topological polar surface area (TPSA) is 51.0 Å². The number of hydrogen-bond donors (Lipinski definition) is 0. The Morgan fingerprint density at radius 1 is 0.929 bits per heavy atom. The summed E-state index contributed by atoms with van der Waals surface area (Å²) in [5.74, 6) is 1.36. The van der Waals surface area contributed by atoms with Crippen LogP contribution in [0.3, 0.4) is 0 Å². The molecule has 0 atom stereocenters. The fourth-order valence-corrected chi connectivity index (χ4v) is 4.22. The Balaban J connectivity index is 1.66. The lowest BCUT2D eigenvalue weighted by atomic mass is 10.1. The Bertz CT molecular complexity index is 957. The maximum atomic E-state index is 12.5. The van der Waals surface area contributed by atoms with Crippen LogP contribution in [-0.4, -0.2) is 44.4 Å². The SMILES string of the molecule is Cc1ccc(-c2nnc(SCC(=O)N3CCCC3)n2-c2ccc(C)cc2)cc1. The van der Waals surface area contributed by atoms with Crippen LogP contribution in [-0.2, 0) is 4.79 Å². The molecule has 0 aliphatic carbocycles. The van der Waals surface area contributed by atoms with E-state index in [1.54, 1.807) is 0 Å². The molecule has 3 aromatic rings. The van der Waals surface area contributed by atoms with Crippen molar-refractivity contribution in [3.8, 4) is 17.1 Å². The standard InChI is InChI=1S/C22H24N4OS/c1-16-5-9-18(10-6-16)21-23-24-22(26(21)19-11-7-17(2)8-12-19)28-15-20(27)25-13-3-4-14-25/h5-12H,3-4,13-15H2,1-2H3. The van der Waals surface area contributed by atoms with E-state index in [1.165, 1.54) is 22.9 Å². The summed E-state index contributed by atoms with van der Waals surface area (Å²) < 4.78 is 2.05. The van der Waals surface area contributed by atoms with Crippen molar-refractivity contribution in [2.45, 2.75) is 31.8 Å². The predicted octanol–water partition coefficient (Wildman–Crippen LogP) is 4.27. The van der Waals surface area contributed by atoms with Crippen LogP contribution in [0.2, 0.25) is 0 Å². The number of thioether (sulfide) groups is 1. The maximum Gasteiger partial charge on any atom is 0.233 e. The molecule has 0 N–H and O–H groups in total. The number of amides is 1. The van der Waals surface area contributed by atoms with Crippen LogP contribution in [0.15, 0.2) is 53.7 Å². The van der Waals surface area contributed by atoms with Gasteiger partial charge in [0.2, 0.25) is 5.91 Å².